The number of carboxylic acid groups (broad SMARTS) is 1. The van der Waals surface area contributed by atoms with Gasteiger partial charge in [-0.3, -0.25) is 0 Å². The van der Waals surface area contributed by atoms with Crippen LogP contribution < -0.4 is 5.11 Å². The van der Waals surface area contributed by atoms with Gasteiger partial charge in [0.05, 0.1) is 5.97 Å². The molecule has 0 heterocycles. The third-order valence-corrected chi connectivity index (χ3v) is 0.536. The zero-order chi connectivity index (χ0) is 6.41. The first kappa shape index (κ1) is 6.95. The summed E-state index contributed by atoms with van der Waals surface area (Å²) in [5.41, 5.74) is 0. The molecule has 0 saturated carbocycles. The van der Waals surface area contributed by atoms with Crippen molar-refractivity contribution < 1.29 is 9.90 Å². The summed E-state index contributed by atoms with van der Waals surface area (Å²) in [5, 5.41) is 9.64. The van der Waals surface area contributed by atoms with Crippen LogP contribution in [0, 0.1) is 0 Å². The Kier molecular flexibility index (Phi) is 3.58. The van der Waals surface area contributed by atoms with Crippen LogP contribution in [0.4, 0.5) is 0 Å². The number of aliphatic carboxylic acids is 1. The third kappa shape index (κ3) is 4.95. The lowest BCUT2D eigenvalue weighted by Crippen LogP contribution is -2.18. The first-order valence-electron chi connectivity index (χ1n) is 2.27. The molecule has 0 saturated heterocycles. The second kappa shape index (κ2) is 4.12. The van der Waals surface area contributed by atoms with Crippen molar-refractivity contribution in [1.82, 2.24) is 0 Å². The molecule has 0 aliphatic carbocycles. The number of hydrogen-bond acceptors (Lipinski definition) is 2. The summed E-state index contributed by atoms with van der Waals surface area (Å²) >= 11 is 0. The third-order valence-electron chi connectivity index (χ3n) is 0.536. The van der Waals surface area contributed by atoms with Crippen LogP contribution >= 0.6 is 0 Å². The topological polar surface area (TPSA) is 40.1 Å². The average Bonchev–Trinajstić information content (AvgIpc) is 1.66. The Morgan fingerprint density at radius 2 is 2.12 bits per heavy atom. The second-order valence-corrected chi connectivity index (χ2v) is 1.20. The van der Waals surface area contributed by atoms with Crippen LogP contribution in [0.5, 0.6) is 0 Å². The molecule has 0 fully saturated rings. The van der Waals surface area contributed by atoms with Crippen LogP contribution in [0.3, 0.4) is 0 Å². The van der Waals surface area contributed by atoms with Crippen LogP contribution in [-0.4, -0.2) is 5.97 Å². The van der Waals surface area contributed by atoms with Gasteiger partial charge in [0.1, 0.15) is 0 Å². The highest BCUT2D eigenvalue weighted by Crippen LogP contribution is 1.72. The average molecular weight is 111 g/mol. The zero-order valence-corrected chi connectivity index (χ0v) is 4.63. The van der Waals surface area contributed by atoms with E-state index in [0.29, 0.717) is 0 Å². The molecule has 2 nitrogen and oxygen atoms in total. The van der Waals surface area contributed by atoms with Gasteiger partial charge in [-0.1, -0.05) is 18.2 Å². The fraction of sp³-hybridized carbons (Fsp3) is 0.167. The molecule has 44 valence electrons. The number of carbonyl (C=O) groups excluding carboxylic acids is 1. The van der Waals surface area contributed by atoms with Crippen molar-refractivity contribution in [3.8, 4) is 0 Å². The van der Waals surface area contributed by atoms with Crippen molar-refractivity contribution in [2.24, 2.45) is 0 Å². The van der Waals surface area contributed by atoms with Crippen molar-refractivity contribution in [1.29, 1.82) is 0 Å². The molecule has 0 N–H and O–H groups in total. The lowest BCUT2D eigenvalue weighted by atomic mass is 10.4. The Morgan fingerprint density at radius 3 is 2.50 bits per heavy atom. The summed E-state index contributed by atoms with van der Waals surface area (Å²) < 4.78 is 0. The minimum Gasteiger partial charge on any atom is -0.545 e. The van der Waals surface area contributed by atoms with Gasteiger partial charge in [0, 0.05) is 0 Å². The number of hydrogen-bond donors (Lipinski definition) is 0. The summed E-state index contributed by atoms with van der Waals surface area (Å²) in [6, 6.07) is 0. The van der Waals surface area contributed by atoms with Crippen LogP contribution in [0.1, 0.15) is 6.92 Å². The van der Waals surface area contributed by atoms with E-state index in [4.69, 9.17) is 0 Å². The van der Waals surface area contributed by atoms with Crippen molar-refractivity contribution in [2.75, 3.05) is 0 Å². The number of carbonyl (C=O) groups is 1. The van der Waals surface area contributed by atoms with Gasteiger partial charge >= 0.3 is 0 Å². The molecule has 0 aliphatic heterocycles. The largest absolute Gasteiger partial charge is 0.545 e. The highest BCUT2D eigenvalue weighted by molar-refractivity contribution is 5.77. The lowest BCUT2D eigenvalue weighted by Gasteiger charge is -1.84. The van der Waals surface area contributed by atoms with Gasteiger partial charge in [-0.05, 0) is 13.0 Å². The predicted octanol–water partition coefficient (Wildman–Crippen LogP) is -0.131. The molecule has 8 heavy (non-hydrogen) atoms. The summed E-state index contributed by atoms with van der Waals surface area (Å²) in [6.07, 6.45) is 5.74. The SMILES string of the molecule is C/C=C\C=C\C(=O)[O-]. The fourth-order valence-electron chi connectivity index (χ4n) is 0.245. The van der Waals surface area contributed by atoms with Gasteiger partial charge in [0.15, 0.2) is 0 Å². The van der Waals surface area contributed by atoms with E-state index in [1.807, 2.05) is 0 Å². The second-order valence-electron chi connectivity index (χ2n) is 1.20. The van der Waals surface area contributed by atoms with E-state index in [2.05, 4.69) is 0 Å². The van der Waals surface area contributed by atoms with Crippen molar-refractivity contribution >= 4 is 5.97 Å². The molecule has 0 radical (unpaired) electrons. The van der Waals surface area contributed by atoms with E-state index in [0.717, 1.165) is 6.08 Å². The Morgan fingerprint density at radius 1 is 1.50 bits per heavy atom. The smallest absolute Gasteiger partial charge is 0.0642 e. The first-order chi connectivity index (χ1) is 3.77. The van der Waals surface area contributed by atoms with Crippen molar-refractivity contribution in [3.05, 3.63) is 24.3 Å². The Hall–Kier alpha value is -1.05. The summed E-state index contributed by atoms with van der Waals surface area (Å²) in [5.74, 6) is -1.16. The first-order valence-corrected chi connectivity index (χ1v) is 2.27. The summed E-state index contributed by atoms with van der Waals surface area (Å²) in [4.78, 5) is 9.64. The normalized spacial score (nSPS) is 11.1. The highest BCUT2D eigenvalue weighted by Gasteiger charge is 1.64. The van der Waals surface area contributed by atoms with Crippen molar-refractivity contribution in [2.45, 2.75) is 6.92 Å². The molecule has 2 heteroatoms. The molecule has 0 rings (SSSR count). The van der Waals surface area contributed by atoms with Gasteiger partial charge in [0.25, 0.3) is 0 Å². The molecule has 0 aromatic carbocycles. The Labute approximate surface area is 48.1 Å². The minimum absolute atomic E-state index is 0.972. The maximum atomic E-state index is 9.64. The van der Waals surface area contributed by atoms with Crippen LogP contribution in [-0.2, 0) is 4.79 Å². The van der Waals surface area contributed by atoms with Crippen LogP contribution in [0.15, 0.2) is 24.3 Å². The Bertz CT molecular complexity index is 122. The fourth-order valence-corrected chi connectivity index (χ4v) is 0.245. The van der Waals surface area contributed by atoms with E-state index < -0.39 is 5.97 Å². The van der Waals surface area contributed by atoms with Gasteiger partial charge in [0.2, 0.25) is 0 Å². The molecule has 0 aromatic heterocycles. The highest BCUT2D eigenvalue weighted by atomic mass is 16.4. The van der Waals surface area contributed by atoms with Crippen molar-refractivity contribution in [3.63, 3.8) is 0 Å². The molecule has 0 bridgehead atoms. The van der Waals surface area contributed by atoms with E-state index in [1.165, 1.54) is 6.08 Å². The molecule has 0 amide bonds. The maximum absolute atomic E-state index is 9.64. The van der Waals surface area contributed by atoms with Gasteiger partial charge in [-0.15, -0.1) is 0 Å². The van der Waals surface area contributed by atoms with E-state index >= 15 is 0 Å². The van der Waals surface area contributed by atoms with E-state index in [9.17, 15) is 9.90 Å². The van der Waals surface area contributed by atoms with Crippen LogP contribution in [0.25, 0.3) is 0 Å². The van der Waals surface area contributed by atoms with E-state index in [1.54, 1.807) is 19.1 Å². The van der Waals surface area contributed by atoms with Crippen LogP contribution in [0.2, 0.25) is 0 Å². The minimum atomic E-state index is -1.16. The molecule has 0 unspecified atom stereocenters. The monoisotopic (exact) mass is 111 g/mol. The lowest BCUT2D eigenvalue weighted by molar-refractivity contribution is -0.297. The van der Waals surface area contributed by atoms with Gasteiger partial charge in [-0.25, -0.2) is 0 Å². The number of allylic oxidation sites excluding steroid dienone is 3. The molecule has 0 spiro atoms. The van der Waals surface area contributed by atoms with Gasteiger partial charge < -0.3 is 9.90 Å². The predicted molar refractivity (Wildman–Crippen MR) is 29.0 cm³/mol. The summed E-state index contributed by atoms with van der Waals surface area (Å²) in [6.45, 7) is 1.81. The zero-order valence-electron chi connectivity index (χ0n) is 4.63. The molecular weight excluding hydrogens is 104 g/mol. The number of carboxylic acids is 1. The van der Waals surface area contributed by atoms with Gasteiger partial charge in [-0.2, -0.15) is 0 Å². The molecule has 0 aliphatic rings. The number of rotatable bonds is 2. The van der Waals surface area contributed by atoms with E-state index in [-0.39, 0.29) is 0 Å². The molecule has 0 aromatic rings. The standard InChI is InChI=1S/C6H8O2/c1-2-3-4-5-6(7)8/h2-5H,1H3,(H,7,8)/p-1/b3-2-,5-4+. The summed E-state index contributed by atoms with van der Waals surface area (Å²) in [7, 11) is 0. The maximum Gasteiger partial charge on any atom is 0.0642 e. The quantitative estimate of drug-likeness (QED) is 0.368. The molecule has 0 atom stereocenters. The molecular formula is C6H7O2-. The Balaban J connectivity index is 3.50.